The van der Waals surface area contributed by atoms with Crippen molar-refractivity contribution >= 4 is 34.1 Å². The topological polar surface area (TPSA) is 42.0 Å². The fourth-order valence-electron chi connectivity index (χ4n) is 2.43. The number of thioether (sulfide) groups is 1. The molecule has 26 heavy (non-hydrogen) atoms. The van der Waals surface area contributed by atoms with Crippen LogP contribution in [0.1, 0.15) is 34.6 Å². The first-order valence-electron chi connectivity index (χ1n) is 8.27. The highest BCUT2D eigenvalue weighted by Crippen LogP contribution is 2.28. The maximum absolute atomic E-state index is 13.0. The van der Waals surface area contributed by atoms with E-state index in [2.05, 4.69) is 24.1 Å². The number of hydrogen-bond acceptors (Lipinski definition) is 4. The van der Waals surface area contributed by atoms with Gasteiger partial charge in [-0.25, -0.2) is 9.37 Å². The number of hydrogen-bond donors (Lipinski definition) is 1. The van der Waals surface area contributed by atoms with Gasteiger partial charge < -0.3 is 0 Å². The van der Waals surface area contributed by atoms with Crippen LogP contribution in [0.15, 0.2) is 59.6 Å². The van der Waals surface area contributed by atoms with Crippen LogP contribution in [0.25, 0.3) is 0 Å². The van der Waals surface area contributed by atoms with E-state index in [0.717, 1.165) is 15.3 Å². The number of amides is 1. The summed E-state index contributed by atoms with van der Waals surface area (Å²) in [6.07, 6.45) is 2.41. The van der Waals surface area contributed by atoms with E-state index in [1.807, 2.05) is 24.3 Å². The van der Waals surface area contributed by atoms with E-state index in [0.29, 0.717) is 22.4 Å². The Labute approximate surface area is 160 Å². The zero-order valence-corrected chi connectivity index (χ0v) is 16.2. The molecule has 0 spiro atoms. The zero-order chi connectivity index (χ0) is 18.5. The van der Waals surface area contributed by atoms with E-state index in [9.17, 15) is 9.18 Å². The van der Waals surface area contributed by atoms with Gasteiger partial charge in [0.05, 0.1) is 5.56 Å². The highest BCUT2D eigenvalue weighted by atomic mass is 32.2. The van der Waals surface area contributed by atoms with E-state index in [4.69, 9.17) is 0 Å². The van der Waals surface area contributed by atoms with Crippen molar-refractivity contribution in [3.63, 3.8) is 0 Å². The van der Waals surface area contributed by atoms with Crippen molar-refractivity contribution in [2.24, 2.45) is 0 Å². The van der Waals surface area contributed by atoms with Crippen LogP contribution in [-0.4, -0.2) is 16.1 Å². The summed E-state index contributed by atoms with van der Waals surface area (Å²) >= 11 is 3.09. The molecule has 3 aromatic rings. The van der Waals surface area contributed by atoms with Gasteiger partial charge in [0.25, 0.3) is 5.91 Å². The smallest absolute Gasteiger partial charge is 0.258 e. The fraction of sp³-hybridized carbons (Fsp3) is 0.200. The third-order valence-corrected chi connectivity index (χ3v) is 5.55. The minimum Gasteiger partial charge on any atom is -0.298 e. The van der Waals surface area contributed by atoms with Crippen molar-refractivity contribution in [2.45, 2.75) is 30.4 Å². The molecule has 1 heterocycles. The Bertz CT molecular complexity index is 891. The molecule has 0 aliphatic rings. The van der Waals surface area contributed by atoms with Gasteiger partial charge in [0, 0.05) is 27.6 Å². The molecule has 0 saturated heterocycles. The molecule has 134 valence electrons. The maximum Gasteiger partial charge on any atom is 0.258 e. The number of carbonyl (C=O) groups excluding carboxylic acids is 1. The van der Waals surface area contributed by atoms with Crippen LogP contribution in [0.4, 0.5) is 9.52 Å². The molecule has 2 aromatic carbocycles. The Morgan fingerprint density at radius 1 is 1.19 bits per heavy atom. The second kappa shape index (κ2) is 8.47. The third kappa shape index (κ3) is 4.93. The van der Waals surface area contributed by atoms with E-state index >= 15 is 0 Å². The van der Waals surface area contributed by atoms with Gasteiger partial charge in [0.15, 0.2) is 5.13 Å². The van der Waals surface area contributed by atoms with Crippen LogP contribution in [0.5, 0.6) is 0 Å². The summed E-state index contributed by atoms with van der Waals surface area (Å²) in [5, 5.41) is 3.84. The second-order valence-corrected chi connectivity index (χ2v) is 8.79. The van der Waals surface area contributed by atoms with Gasteiger partial charge in [-0.1, -0.05) is 38.1 Å². The number of carbonyl (C=O) groups is 1. The molecular formula is C20H19FN2OS2. The molecule has 0 bridgehead atoms. The molecule has 0 aliphatic carbocycles. The van der Waals surface area contributed by atoms with Crippen LogP contribution in [0.3, 0.4) is 0 Å². The lowest BCUT2D eigenvalue weighted by Crippen LogP contribution is -2.13. The van der Waals surface area contributed by atoms with E-state index < -0.39 is 0 Å². The Hall–Kier alpha value is -2.18. The Morgan fingerprint density at radius 3 is 2.65 bits per heavy atom. The fourth-order valence-corrected chi connectivity index (χ4v) is 4.22. The Morgan fingerprint density at radius 2 is 1.92 bits per heavy atom. The minimum atomic E-state index is -0.246. The predicted octanol–water partition coefficient (Wildman–Crippen LogP) is 5.63. The van der Waals surface area contributed by atoms with Gasteiger partial charge in [-0.05, 0) is 29.8 Å². The summed E-state index contributed by atoms with van der Waals surface area (Å²) in [6.45, 7) is 4.20. The molecule has 1 aromatic heterocycles. The molecule has 0 radical (unpaired) electrons. The third-order valence-electron chi connectivity index (χ3n) is 3.56. The van der Waals surface area contributed by atoms with E-state index in [1.54, 1.807) is 30.1 Å². The Kier molecular flexibility index (Phi) is 6.06. The summed E-state index contributed by atoms with van der Waals surface area (Å²) in [4.78, 5) is 18.9. The molecule has 0 unspecified atom stereocenters. The van der Waals surface area contributed by atoms with Crippen LogP contribution in [0.2, 0.25) is 0 Å². The van der Waals surface area contributed by atoms with Crippen LogP contribution in [0, 0.1) is 5.82 Å². The van der Waals surface area contributed by atoms with Crippen LogP contribution >= 0.6 is 23.1 Å². The van der Waals surface area contributed by atoms with Crippen molar-refractivity contribution in [1.29, 1.82) is 0 Å². The quantitative estimate of drug-likeness (QED) is 0.559. The first kappa shape index (κ1) is 18.6. The molecule has 6 heteroatoms. The summed E-state index contributed by atoms with van der Waals surface area (Å²) in [5.41, 5.74) is 1.66. The molecule has 0 atom stereocenters. The molecule has 1 amide bonds. The van der Waals surface area contributed by atoms with Crippen molar-refractivity contribution in [2.75, 3.05) is 5.32 Å². The summed E-state index contributed by atoms with van der Waals surface area (Å²) < 4.78 is 13.0. The second-order valence-electron chi connectivity index (χ2n) is 6.05. The number of aromatic nitrogens is 1. The first-order valence-corrected chi connectivity index (χ1v) is 9.97. The monoisotopic (exact) mass is 386 g/mol. The number of nitrogens with one attached hydrogen (secondary N) is 1. The molecule has 0 aliphatic heterocycles. The zero-order valence-electron chi connectivity index (χ0n) is 14.5. The number of rotatable bonds is 6. The van der Waals surface area contributed by atoms with Crippen molar-refractivity contribution in [3.05, 3.63) is 76.5 Å². The molecule has 0 fully saturated rings. The summed E-state index contributed by atoms with van der Waals surface area (Å²) in [5.74, 6) is -0.402. The van der Waals surface area contributed by atoms with Crippen molar-refractivity contribution in [3.8, 4) is 0 Å². The number of halogens is 1. The van der Waals surface area contributed by atoms with Crippen LogP contribution < -0.4 is 5.32 Å². The van der Waals surface area contributed by atoms with Gasteiger partial charge in [0.1, 0.15) is 5.82 Å². The normalized spacial score (nSPS) is 10.9. The average molecular weight is 387 g/mol. The van der Waals surface area contributed by atoms with Crippen molar-refractivity contribution < 1.29 is 9.18 Å². The van der Waals surface area contributed by atoms with Gasteiger partial charge in [-0.15, -0.1) is 23.1 Å². The SMILES string of the molecule is CC(C)Sc1ccccc1C(=O)Nc1ncc(Cc2ccc(F)cc2)s1. The number of benzene rings is 2. The molecule has 1 N–H and O–H groups in total. The van der Waals surface area contributed by atoms with Gasteiger partial charge in [-0.2, -0.15) is 0 Å². The number of nitrogens with zero attached hydrogens (tertiary/aromatic N) is 1. The van der Waals surface area contributed by atoms with Gasteiger partial charge in [0.2, 0.25) is 0 Å². The number of anilines is 1. The summed E-state index contributed by atoms with van der Waals surface area (Å²) in [7, 11) is 0. The van der Waals surface area contributed by atoms with Gasteiger partial charge in [-0.3, -0.25) is 10.1 Å². The standard InChI is InChI=1S/C20H19FN2OS2/c1-13(2)25-18-6-4-3-5-17(18)19(24)23-20-22-12-16(26-20)11-14-7-9-15(21)10-8-14/h3-10,12-13H,11H2,1-2H3,(H,22,23,24). The Balaban J connectivity index is 1.69. The van der Waals surface area contributed by atoms with Crippen LogP contribution in [-0.2, 0) is 6.42 Å². The molecule has 3 rings (SSSR count). The highest BCUT2D eigenvalue weighted by Gasteiger charge is 2.14. The number of thiazole rings is 1. The minimum absolute atomic E-state index is 0.156. The van der Waals surface area contributed by atoms with Gasteiger partial charge >= 0.3 is 0 Å². The molecule has 0 saturated carbocycles. The lowest BCUT2D eigenvalue weighted by Gasteiger charge is -2.10. The summed E-state index contributed by atoms with van der Waals surface area (Å²) in [6, 6.07) is 14.0. The largest absolute Gasteiger partial charge is 0.298 e. The van der Waals surface area contributed by atoms with E-state index in [-0.39, 0.29) is 11.7 Å². The highest BCUT2D eigenvalue weighted by molar-refractivity contribution is 8.00. The first-order chi connectivity index (χ1) is 12.5. The lowest BCUT2D eigenvalue weighted by atomic mass is 10.1. The molecule has 3 nitrogen and oxygen atoms in total. The predicted molar refractivity (Wildman–Crippen MR) is 107 cm³/mol. The maximum atomic E-state index is 13.0. The van der Waals surface area contributed by atoms with Crippen molar-refractivity contribution in [1.82, 2.24) is 4.98 Å². The lowest BCUT2D eigenvalue weighted by molar-refractivity contribution is 0.102. The average Bonchev–Trinajstić information content (AvgIpc) is 3.04. The molecular weight excluding hydrogens is 367 g/mol. The van der Waals surface area contributed by atoms with E-state index in [1.165, 1.54) is 23.5 Å².